The molecule has 46 heavy (non-hydrogen) atoms. The van der Waals surface area contributed by atoms with E-state index in [1.165, 1.54) is 18.4 Å². The summed E-state index contributed by atoms with van der Waals surface area (Å²) in [6.45, 7) is 6.68. The fourth-order valence-corrected chi connectivity index (χ4v) is 6.29. The van der Waals surface area contributed by atoms with Gasteiger partial charge in [-0.15, -0.1) is 10.2 Å². The van der Waals surface area contributed by atoms with Crippen LogP contribution >= 0.6 is 11.8 Å². The number of anilines is 1. The number of para-hydroxylation sites is 1. The Balaban J connectivity index is 1.08. The second kappa shape index (κ2) is 12.0. The van der Waals surface area contributed by atoms with Crippen LogP contribution < -0.4 is 10.6 Å². The van der Waals surface area contributed by atoms with Crippen molar-refractivity contribution in [3.63, 3.8) is 0 Å². The van der Waals surface area contributed by atoms with E-state index in [1.54, 1.807) is 23.9 Å². The van der Waals surface area contributed by atoms with Crippen molar-refractivity contribution in [3.05, 3.63) is 114 Å². The topological polar surface area (TPSA) is 109 Å². The lowest BCUT2D eigenvalue weighted by molar-refractivity contribution is 0.251. The number of carbonyl (C=O) groups excluding carboxylic acids is 1. The molecule has 1 saturated carbocycles. The van der Waals surface area contributed by atoms with Crippen LogP contribution in [0.25, 0.3) is 22.7 Å². The molecule has 0 radical (unpaired) electrons. The van der Waals surface area contributed by atoms with Gasteiger partial charge in [0.1, 0.15) is 11.6 Å². The van der Waals surface area contributed by atoms with Gasteiger partial charge in [-0.05, 0) is 72.4 Å². The van der Waals surface area contributed by atoms with Gasteiger partial charge >= 0.3 is 6.03 Å². The monoisotopic (exact) mass is 629 g/mol. The average molecular weight is 630 g/mol. The van der Waals surface area contributed by atoms with Gasteiger partial charge < -0.3 is 10.4 Å². The first kappa shape index (κ1) is 29.6. The third-order valence-corrected chi connectivity index (χ3v) is 9.16. The number of phenols is 1. The number of aromatic hydroxyl groups is 1. The molecule has 9 nitrogen and oxygen atoms in total. The van der Waals surface area contributed by atoms with Crippen molar-refractivity contribution in [2.45, 2.75) is 61.3 Å². The van der Waals surface area contributed by atoms with Crippen LogP contribution in [0, 0.1) is 0 Å². The quantitative estimate of drug-likeness (QED) is 0.158. The number of rotatable bonds is 8. The number of hydrogen-bond acceptors (Lipinski definition) is 6. The Morgan fingerprint density at radius 2 is 1.72 bits per heavy atom. The Morgan fingerprint density at radius 1 is 0.957 bits per heavy atom. The van der Waals surface area contributed by atoms with E-state index in [-0.39, 0.29) is 17.2 Å². The largest absolute Gasteiger partial charge is 0.507 e. The Kier molecular flexibility index (Phi) is 7.74. The first-order valence-corrected chi connectivity index (χ1v) is 16.2. The Labute approximate surface area is 271 Å². The standard InChI is InChI=1S/C36H35N7O2S/c1-36(2,3)31-20-33(43(41-31)26-16-14-24(15-17-26)23-12-13-23)38-35(45)37-21-25-8-4-7-11-30(25)46-27-18-19-32-39-40-34(42(32)22-27)28-9-5-6-10-29(28)44/h4-11,14-20,22-23,44H,12-13,21H2,1-3H3,(H2,37,38,45). The molecule has 7 rings (SSSR count). The smallest absolute Gasteiger partial charge is 0.320 e. The number of amides is 2. The molecular formula is C36H35N7O2S. The zero-order valence-electron chi connectivity index (χ0n) is 25.9. The molecule has 232 valence electrons. The summed E-state index contributed by atoms with van der Waals surface area (Å²) in [6, 6.07) is 29.1. The van der Waals surface area contributed by atoms with Crippen molar-refractivity contribution in [1.29, 1.82) is 0 Å². The molecule has 0 aliphatic heterocycles. The van der Waals surface area contributed by atoms with Gasteiger partial charge in [-0.25, -0.2) is 9.48 Å². The number of hydrogen-bond donors (Lipinski definition) is 3. The van der Waals surface area contributed by atoms with E-state index in [0.717, 1.165) is 26.7 Å². The molecule has 0 saturated heterocycles. The second-order valence-electron chi connectivity index (χ2n) is 12.6. The van der Waals surface area contributed by atoms with E-state index >= 15 is 0 Å². The van der Waals surface area contributed by atoms with E-state index in [1.807, 2.05) is 69.9 Å². The molecule has 1 aliphatic carbocycles. The van der Waals surface area contributed by atoms with Crippen LogP contribution in [0.15, 0.2) is 107 Å². The number of nitrogens with one attached hydrogen (secondary N) is 2. The lowest BCUT2D eigenvalue weighted by Crippen LogP contribution is -2.29. The van der Waals surface area contributed by atoms with E-state index in [2.05, 4.69) is 65.9 Å². The van der Waals surface area contributed by atoms with E-state index < -0.39 is 0 Å². The highest BCUT2D eigenvalue weighted by molar-refractivity contribution is 7.99. The average Bonchev–Trinajstić information content (AvgIpc) is 3.68. The van der Waals surface area contributed by atoms with Gasteiger partial charge in [0.05, 0.1) is 16.9 Å². The van der Waals surface area contributed by atoms with Crippen molar-refractivity contribution in [2.24, 2.45) is 0 Å². The molecule has 3 N–H and O–H groups in total. The van der Waals surface area contributed by atoms with Crippen LogP contribution in [0.1, 0.15) is 56.4 Å². The van der Waals surface area contributed by atoms with Gasteiger partial charge in [-0.3, -0.25) is 9.72 Å². The molecule has 3 aromatic heterocycles. The van der Waals surface area contributed by atoms with E-state index in [0.29, 0.717) is 35.3 Å². The van der Waals surface area contributed by atoms with Crippen LogP contribution in [0.4, 0.5) is 10.6 Å². The summed E-state index contributed by atoms with van der Waals surface area (Å²) in [5.41, 5.74) is 5.25. The summed E-state index contributed by atoms with van der Waals surface area (Å²) in [5.74, 6) is 2.00. The maximum Gasteiger partial charge on any atom is 0.320 e. The lowest BCUT2D eigenvalue weighted by atomic mass is 9.92. The summed E-state index contributed by atoms with van der Waals surface area (Å²) >= 11 is 1.58. The third kappa shape index (κ3) is 6.21. The van der Waals surface area contributed by atoms with Crippen molar-refractivity contribution >= 4 is 29.3 Å². The van der Waals surface area contributed by atoms with Crippen molar-refractivity contribution < 1.29 is 9.90 Å². The molecule has 2 amide bonds. The number of fused-ring (bicyclic) bond motifs is 1. The zero-order valence-corrected chi connectivity index (χ0v) is 26.8. The number of pyridine rings is 1. The summed E-state index contributed by atoms with van der Waals surface area (Å²) < 4.78 is 3.69. The minimum Gasteiger partial charge on any atom is -0.507 e. The van der Waals surface area contributed by atoms with Gasteiger partial charge in [0.2, 0.25) is 0 Å². The molecule has 0 atom stereocenters. The van der Waals surface area contributed by atoms with Crippen LogP contribution in [0.3, 0.4) is 0 Å². The molecule has 1 fully saturated rings. The molecular weight excluding hydrogens is 595 g/mol. The SMILES string of the molecule is CC(C)(C)c1cc(NC(=O)NCc2ccccc2Sc2ccc3nnc(-c4ccccc4O)n3c2)n(-c2ccc(C3CC3)cc2)n1. The third-order valence-electron chi connectivity index (χ3n) is 8.07. The number of phenolic OH excluding ortho intramolecular Hbond substituents is 1. The van der Waals surface area contributed by atoms with Crippen molar-refractivity contribution in [3.8, 4) is 22.8 Å². The molecule has 0 unspecified atom stereocenters. The predicted molar refractivity (Wildman–Crippen MR) is 181 cm³/mol. The van der Waals surface area contributed by atoms with E-state index in [9.17, 15) is 9.90 Å². The molecule has 3 aromatic carbocycles. The van der Waals surface area contributed by atoms with Gasteiger partial charge in [0, 0.05) is 34.0 Å². The minimum atomic E-state index is -0.311. The van der Waals surface area contributed by atoms with Gasteiger partial charge in [-0.2, -0.15) is 5.10 Å². The van der Waals surface area contributed by atoms with Crippen LogP contribution in [-0.4, -0.2) is 35.5 Å². The zero-order chi connectivity index (χ0) is 31.8. The van der Waals surface area contributed by atoms with Crippen LogP contribution in [-0.2, 0) is 12.0 Å². The minimum absolute atomic E-state index is 0.147. The first-order valence-electron chi connectivity index (χ1n) is 15.4. The maximum atomic E-state index is 13.3. The summed E-state index contributed by atoms with van der Waals surface area (Å²) in [6.07, 6.45) is 4.47. The lowest BCUT2D eigenvalue weighted by Gasteiger charge is -2.14. The highest BCUT2D eigenvalue weighted by atomic mass is 32.2. The Bertz CT molecular complexity index is 2040. The van der Waals surface area contributed by atoms with E-state index in [4.69, 9.17) is 5.10 Å². The molecule has 1 aliphatic rings. The summed E-state index contributed by atoms with van der Waals surface area (Å²) in [4.78, 5) is 15.2. The Morgan fingerprint density at radius 3 is 2.48 bits per heavy atom. The molecule has 3 heterocycles. The number of aromatic nitrogens is 5. The first-order chi connectivity index (χ1) is 22.2. The number of urea groups is 1. The number of carbonyl (C=O) groups is 1. The van der Waals surface area contributed by atoms with Crippen LogP contribution in [0.5, 0.6) is 5.75 Å². The van der Waals surface area contributed by atoms with Crippen LogP contribution in [0.2, 0.25) is 0 Å². The maximum absolute atomic E-state index is 13.3. The van der Waals surface area contributed by atoms with Gasteiger partial charge in [0.15, 0.2) is 11.5 Å². The molecule has 0 bridgehead atoms. The number of benzene rings is 3. The molecule has 10 heteroatoms. The second-order valence-corrected chi connectivity index (χ2v) is 13.7. The molecule has 0 spiro atoms. The fourth-order valence-electron chi connectivity index (χ4n) is 5.33. The predicted octanol–water partition coefficient (Wildman–Crippen LogP) is 7.94. The normalized spacial score (nSPS) is 13.2. The van der Waals surface area contributed by atoms with Crippen molar-refractivity contribution in [1.82, 2.24) is 29.7 Å². The Hall–Kier alpha value is -5.09. The number of nitrogens with zero attached hydrogens (tertiary/aromatic N) is 5. The molecule has 6 aromatic rings. The summed E-state index contributed by atoms with van der Waals surface area (Å²) in [7, 11) is 0. The van der Waals surface area contributed by atoms with Crippen molar-refractivity contribution in [2.75, 3.05) is 5.32 Å². The summed E-state index contributed by atoms with van der Waals surface area (Å²) in [5, 5.41) is 29.9. The van der Waals surface area contributed by atoms with Gasteiger partial charge in [0.25, 0.3) is 0 Å². The van der Waals surface area contributed by atoms with Gasteiger partial charge in [-0.1, -0.05) is 75.0 Å². The highest BCUT2D eigenvalue weighted by Crippen LogP contribution is 2.40. The highest BCUT2D eigenvalue weighted by Gasteiger charge is 2.24. The fraction of sp³-hybridized carbons (Fsp3) is 0.222.